The average molecular weight is 240 g/mol. The maximum absolute atomic E-state index is 12.4. The van der Waals surface area contributed by atoms with Gasteiger partial charge in [-0.25, -0.2) is 0 Å². The summed E-state index contributed by atoms with van der Waals surface area (Å²) in [6.07, 6.45) is -4.47. The molecule has 1 rings (SSSR count). The first-order valence-electron chi connectivity index (χ1n) is 4.10. The predicted octanol–water partition coefficient (Wildman–Crippen LogP) is 2.91. The lowest BCUT2D eigenvalue weighted by molar-refractivity contribution is -0.137. The molecule has 15 heavy (non-hydrogen) atoms. The van der Waals surface area contributed by atoms with Crippen molar-refractivity contribution in [3.63, 3.8) is 0 Å². The van der Waals surface area contributed by atoms with E-state index in [1.54, 1.807) is 0 Å². The largest absolute Gasteiger partial charge is 0.492 e. The Morgan fingerprint density at radius 1 is 1.33 bits per heavy atom. The van der Waals surface area contributed by atoms with Gasteiger partial charge in [0, 0.05) is 5.69 Å². The number of hydrogen-bond donors (Lipinski definition) is 1. The first-order chi connectivity index (χ1) is 6.95. The van der Waals surface area contributed by atoms with Crippen LogP contribution in [0.3, 0.4) is 0 Å². The molecule has 0 aromatic heterocycles. The van der Waals surface area contributed by atoms with Crippen molar-refractivity contribution < 1.29 is 17.9 Å². The first kappa shape index (κ1) is 12.0. The molecule has 0 amide bonds. The zero-order valence-electron chi connectivity index (χ0n) is 7.64. The van der Waals surface area contributed by atoms with Crippen LogP contribution in [-0.2, 0) is 6.18 Å². The quantitative estimate of drug-likeness (QED) is 0.650. The summed E-state index contributed by atoms with van der Waals surface area (Å²) < 4.78 is 42.1. The molecule has 0 saturated carbocycles. The number of anilines is 1. The molecular weight excluding hydrogens is 231 g/mol. The van der Waals surface area contributed by atoms with Crippen molar-refractivity contribution in [2.75, 3.05) is 18.2 Å². The molecule has 1 aromatic rings. The molecule has 0 fully saturated rings. The monoisotopic (exact) mass is 239 g/mol. The highest BCUT2D eigenvalue weighted by Crippen LogP contribution is 2.35. The van der Waals surface area contributed by atoms with Crippen molar-refractivity contribution in [3.05, 3.63) is 23.8 Å². The molecule has 0 aliphatic carbocycles. The van der Waals surface area contributed by atoms with E-state index in [-0.39, 0.29) is 23.9 Å². The van der Waals surface area contributed by atoms with Crippen molar-refractivity contribution in [3.8, 4) is 5.75 Å². The molecule has 0 aliphatic heterocycles. The molecular formula is C9H9ClF3NO. The second kappa shape index (κ2) is 4.61. The highest BCUT2D eigenvalue weighted by Gasteiger charge is 2.33. The fraction of sp³-hybridized carbons (Fsp3) is 0.333. The van der Waals surface area contributed by atoms with Gasteiger partial charge >= 0.3 is 6.18 Å². The molecule has 0 heterocycles. The Morgan fingerprint density at radius 2 is 2.00 bits per heavy atom. The summed E-state index contributed by atoms with van der Waals surface area (Å²) in [6.45, 7) is 0.156. The van der Waals surface area contributed by atoms with Gasteiger partial charge in [0.05, 0.1) is 11.4 Å². The van der Waals surface area contributed by atoms with Crippen LogP contribution in [-0.4, -0.2) is 12.5 Å². The fourth-order valence-corrected chi connectivity index (χ4v) is 1.10. The number of alkyl halides is 4. The third-order valence-electron chi connectivity index (χ3n) is 1.68. The summed E-state index contributed by atoms with van der Waals surface area (Å²) >= 11 is 5.34. The standard InChI is InChI=1S/C9H9ClF3NO/c10-3-4-15-6-1-2-8(14)7(5-6)9(11,12)13/h1-2,5H,3-4,14H2. The fourth-order valence-electron chi connectivity index (χ4n) is 1.03. The van der Waals surface area contributed by atoms with E-state index >= 15 is 0 Å². The zero-order valence-corrected chi connectivity index (χ0v) is 8.40. The lowest BCUT2D eigenvalue weighted by atomic mass is 10.1. The van der Waals surface area contributed by atoms with Crippen LogP contribution in [0.4, 0.5) is 18.9 Å². The molecule has 0 bridgehead atoms. The Kier molecular flexibility index (Phi) is 3.68. The second-order valence-electron chi connectivity index (χ2n) is 2.78. The SMILES string of the molecule is Nc1ccc(OCCCl)cc1C(F)(F)F. The van der Waals surface area contributed by atoms with Crippen LogP contribution in [0, 0.1) is 0 Å². The number of nitrogens with two attached hydrogens (primary N) is 1. The maximum atomic E-state index is 12.4. The van der Waals surface area contributed by atoms with Crippen molar-refractivity contribution >= 4 is 17.3 Å². The predicted molar refractivity (Wildman–Crippen MR) is 52.1 cm³/mol. The summed E-state index contributed by atoms with van der Waals surface area (Å²) in [5, 5.41) is 0. The molecule has 0 unspecified atom stereocenters. The molecule has 0 saturated heterocycles. The van der Waals surface area contributed by atoms with E-state index in [1.807, 2.05) is 0 Å². The minimum absolute atomic E-state index is 0.108. The number of rotatable bonds is 3. The van der Waals surface area contributed by atoms with Gasteiger partial charge in [0.2, 0.25) is 0 Å². The third kappa shape index (κ3) is 3.20. The van der Waals surface area contributed by atoms with E-state index < -0.39 is 11.7 Å². The Morgan fingerprint density at radius 3 is 2.53 bits per heavy atom. The van der Waals surface area contributed by atoms with Crippen molar-refractivity contribution in [1.82, 2.24) is 0 Å². The van der Waals surface area contributed by atoms with Crippen LogP contribution in [0.2, 0.25) is 0 Å². The summed E-state index contributed by atoms with van der Waals surface area (Å²) in [7, 11) is 0. The summed E-state index contributed by atoms with van der Waals surface area (Å²) in [4.78, 5) is 0. The van der Waals surface area contributed by atoms with E-state index in [9.17, 15) is 13.2 Å². The van der Waals surface area contributed by atoms with Crippen LogP contribution >= 0.6 is 11.6 Å². The van der Waals surface area contributed by atoms with Gasteiger partial charge in [0.1, 0.15) is 12.4 Å². The zero-order chi connectivity index (χ0) is 11.5. The summed E-state index contributed by atoms with van der Waals surface area (Å²) in [5.74, 6) is 0.323. The van der Waals surface area contributed by atoms with E-state index in [0.717, 1.165) is 12.1 Å². The molecule has 0 aliphatic rings. The number of benzene rings is 1. The number of ether oxygens (including phenoxy) is 1. The smallest absolute Gasteiger partial charge is 0.418 e. The van der Waals surface area contributed by atoms with E-state index in [2.05, 4.69) is 0 Å². The van der Waals surface area contributed by atoms with Gasteiger partial charge in [-0.15, -0.1) is 11.6 Å². The summed E-state index contributed by atoms with van der Waals surface area (Å²) in [5.41, 5.74) is 3.99. The molecule has 0 radical (unpaired) electrons. The normalized spacial score (nSPS) is 11.5. The Labute approximate surface area is 89.8 Å². The molecule has 2 nitrogen and oxygen atoms in total. The number of nitrogen functional groups attached to an aromatic ring is 1. The Balaban J connectivity index is 2.95. The van der Waals surface area contributed by atoms with Crippen LogP contribution in [0.25, 0.3) is 0 Å². The van der Waals surface area contributed by atoms with Crippen molar-refractivity contribution in [2.24, 2.45) is 0 Å². The van der Waals surface area contributed by atoms with Gasteiger partial charge in [0.25, 0.3) is 0 Å². The van der Waals surface area contributed by atoms with E-state index in [0.29, 0.717) is 0 Å². The highest BCUT2D eigenvalue weighted by molar-refractivity contribution is 6.18. The number of hydrogen-bond acceptors (Lipinski definition) is 2. The molecule has 0 atom stereocenters. The molecule has 6 heteroatoms. The Bertz CT molecular complexity index is 341. The molecule has 2 N–H and O–H groups in total. The van der Waals surface area contributed by atoms with Gasteiger partial charge in [-0.2, -0.15) is 13.2 Å². The van der Waals surface area contributed by atoms with E-state index in [4.69, 9.17) is 22.1 Å². The topological polar surface area (TPSA) is 35.2 Å². The van der Waals surface area contributed by atoms with Gasteiger partial charge in [-0.05, 0) is 18.2 Å². The van der Waals surface area contributed by atoms with Gasteiger partial charge in [-0.3, -0.25) is 0 Å². The third-order valence-corrected chi connectivity index (χ3v) is 1.83. The minimum Gasteiger partial charge on any atom is -0.492 e. The minimum atomic E-state index is -4.47. The molecule has 0 spiro atoms. The molecule has 84 valence electrons. The van der Waals surface area contributed by atoms with Crippen LogP contribution < -0.4 is 10.5 Å². The number of halogens is 4. The average Bonchev–Trinajstić information content (AvgIpc) is 2.15. The van der Waals surface area contributed by atoms with Crippen molar-refractivity contribution in [2.45, 2.75) is 6.18 Å². The summed E-state index contributed by atoms with van der Waals surface area (Å²) in [6, 6.07) is 3.39. The van der Waals surface area contributed by atoms with Gasteiger partial charge in [0.15, 0.2) is 0 Å². The first-order valence-corrected chi connectivity index (χ1v) is 4.64. The van der Waals surface area contributed by atoms with Crippen LogP contribution in [0.15, 0.2) is 18.2 Å². The molecule has 1 aromatic carbocycles. The Hall–Kier alpha value is -1.10. The van der Waals surface area contributed by atoms with Gasteiger partial charge < -0.3 is 10.5 Å². The highest BCUT2D eigenvalue weighted by atomic mass is 35.5. The van der Waals surface area contributed by atoms with E-state index in [1.165, 1.54) is 6.07 Å². The maximum Gasteiger partial charge on any atom is 0.418 e. The lowest BCUT2D eigenvalue weighted by Gasteiger charge is -2.12. The second-order valence-corrected chi connectivity index (χ2v) is 3.16. The van der Waals surface area contributed by atoms with Gasteiger partial charge in [-0.1, -0.05) is 0 Å². The van der Waals surface area contributed by atoms with Crippen molar-refractivity contribution in [1.29, 1.82) is 0 Å². The van der Waals surface area contributed by atoms with Crippen LogP contribution in [0.5, 0.6) is 5.75 Å². The van der Waals surface area contributed by atoms with Crippen LogP contribution in [0.1, 0.15) is 5.56 Å². The lowest BCUT2D eigenvalue weighted by Crippen LogP contribution is -2.09.